The molecular weight excluding hydrogens is 356 g/mol. The summed E-state index contributed by atoms with van der Waals surface area (Å²) in [7, 11) is 0. The first-order chi connectivity index (χ1) is 13.6. The molecule has 150 valence electrons. The Kier molecular flexibility index (Phi) is 4.47. The van der Waals surface area contributed by atoms with Gasteiger partial charge in [0.2, 0.25) is 0 Å². The smallest absolute Gasteiger partial charge is 0.272 e. The Hall–Kier alpha value is -2.19. The summed E-state index contributed by atoms with van der Waals surface area (Å²) in [5.74, 6) is 1.16. The topological polar surface area (TPSA) is 94.5 Å². The van der Waals surface area contributed by atoms with Gasteiger partial charge >= 0.3 is 0 Å². The van der Waals surface area contributed by atoms with Crippen LogP contribution in [0.1, 0.15) is 41.7 Å². The summed E-state index contributed by atoms with van der Waals surface area (Å²) in [5, 5.41) is 9.59. The van der Waals surface area contributed by atoms with E-state index in [0.29, 0.717) is 41.5 Å². The quantitative estimate of drug-likeness (QED) is 0.717. The van der Waals surface area contributed by atoms with Crippen molar-refractivity contribution in [2.24, 2.45) is 11.8 Å². The molecule has 8 nitrogen and oxygen atoms in total. The summed E-state index contributed by atoms with van der Waals surface area (Å²) < 4.78 is 1.32. The summed E-state index contributed by atoms with van der Waals surface area (Å²) in [6, 6.07) is 2.48. The van der Waals surface area contributed by atoms with E-state index in [2.05, 4.69) is 25.6 Å². The van der Waals surface area contributed by atoms with Gasteiger partial charge in [-0.15, -0.1) is 0 Å². The predicted octanol–water partition coefficient (Wildman–Crippen LogP) is 0.523. The van der Waals surface area contributed by atoms with Crippen molar-refractivity contribution in [1.82, 2.24) is 30.1 Å². The molecule has 0 unspecified atom stereocenters. The van der Waals surface area contributed by atoms with Crippen LogP contribution in [-0.2, 0) is 0 Å². The maximum absolute atomic E-state index is 12.9. The SMILES string of the molecule is Cc1cc(=O)n2[nH]cc(C(=O)NC[C@H]3[C@@H]4CNC[C@@H](C4)[C@@H]4CCCCN43)c2n1. The third kappa shape index (κ3) is 2.95. The normalized spacial score (nSPS) is 30.2. The van der Waals surface area contributed by atoms with E-state index in [1.165, 1.54) is 36.3 Å². The molecule has 3 saturated heterocycles. The van der Waals surface area contributed by atoms with E-state index in [1.807, 2.05) is 0 Å². The average molecular weight is 384 g/mol. The third-order valence-corrected chi connectivity index (χ3v) is 6.87. The maximum atomic E-state index is 12.9. The third-order valence-electron chi connectivity index (χ3n) is 6.87. The van der Waals surface area contributed by atoms with Crippen LogP contribution in [0.3, 0.4) is 0 Å². The van der Waals surface area contributed by atoms with Crippen molar-refractivity contribution in [1.29, 1.82) is 0 Å². The molecule has 2 bridgehead atoms. The van der Waals surface area contributed by atoms with Crippen molar-refractivity contribution >= 4 is 11.6 Å². The first-order valence-electron chi connectivity index (χ1n) is 10.4. The molecule has 4 atom stereocenters. The number of H-pyrrole nitrogens is 1. The van der Waals surface area contributed by atoms with Crippen molar-refractivity contribution in [2.45, 2.75) is 44.7 Å². The molecule has 2 aromatic heterocycles. The van der Waals surface area contributed by atoms with Gasteiger partial charge in [0.1, 0.15) is 5.56 Å². The number of nitrogens with one attached hydrogen (secondary N) is 3. The Balaban J connectivity index is 1.35. The summed E-state index contributed by atoms with van der Waals surface area (Å²) in [4.78, 5) is 32.0. The van der Waals surface area contributed by atoms with E-state index in [4.69, 9.17) is 0 Å². The second-order valence-electron chi connectivity index (χ2n) is 8.57. The lowest BCUT2D eigenvalue weighted by molar-refractivity contribution is -0.0371. The van der Waals surface area contributed by atoms with Gasteiger partial charge in [0.05, 0.1) is 0 Å². The van der Waals surface area contributed by atoms with Crippen LogP contribution in [0.4, 0.5) is 0 Å². The zero-order valence-electron chi connectivity index (χ0n) is 16.3. The van der Waals surface area contributed by atoms with Crippen molar-refractivity contribution in [3.05, 3.63) is 33.9 Å². The minimum Gasteiger partial charge on any atom is -0.350 e. The van der Waals surface area contributed by atoms with Gasteiger partial charge in [0.15, 0.2) is 5.65 Å². The van der Waals surface area contributed by atoms with Crippen LogP contribution in [0.15, 0.2) is 17.1 Å². The monoisotopic (exact) mass is 384 g/mol. The van der Waals surface area contributed by atoms with Gasteiger partial charge in [-0.1, -0.05) is 6.42 Å². The van der Waals surface area contributed by atoms with Gasteiger partial charge in [-0.25, -0.2) is 9.50 Å². The molecule has 3 aliphatic heterocycles. The molecule has 2 aromatic rings. The highest BCUT2D eigenvalue weighted by molar-refractivity contribution is 5.99. The number of piperidine rings is 3. The Morgan fingerprint density at radius 1 is 1.32 bits per heavy atom. The predicted molar refractivity (Wildman–Crippen MR) is 105 cm³/mol. The molecular formula is C20H28N6O2. The Bertz CT molecular complexity index is 950. The molecule has 3 aliphatic rings. The molecule has 1 amide bonds. The van der Waals surface area contributed by atoms with Crippen LogP contribution in [0, 0.1) is 18.8 Å². The molecule has 8 heteroatoms. The molecule has 3 fully saturated rings. The molecule has 5 heterocycles. The van der Waals surface area contributed by atoms with Crippen LogP contribution in [0.2, 0.25) is 0 Å². The van der Waals surface area contributed by atoms with Crippen molar-refractivity contribution in [3.8, 4) is 0 Å². The number of hydrogen-bond acceptors (Lipinski definition) is 5. The summed E-state index contributed by atoms with van der Waals surface area (Å²) in [6.45, 7) is 5.71. The zero-order valence-corrected chi connectivity index (χ0v) is 16.3. The number of aromatic amines is 1. The van der Waals surface area contributed by atoms with Gasteiger partial charge < -0.3 is 10.6 Å². The lowest BCUT2D eigenvalue weighted by Gasteiger charge is -2.55. The van der Waals surface area contributed by atoms with Crippen LogP contribution in [-0.4, -0.2) is 63.7 Å². The van der Waals surface area contributed by atoms with E-state index in [0.717, 1.165) is 25.6 Å². The molecule has 3 N–H and O–H groups in total. The summed E-state index contributed by atoms with van der Waals surface area (Å²) in [6.07, 6.45) is 6.68. The van der Waals surface area contributed by atoms with E-state index < -0.39 is 0 Å². The van der Waals surface area contributed by atoms with Gasteiger partial charge in [0, 0.05) is 36.6 Å². The number of hydrogen-bond donors (Lipinski definition) is 3. The number of aryl methyl sites for hydroxylation is 1. The second-order valence-corrected chi connectivity index (χ2v) is 8.57. The number of rotatable bonds is 3. The minimum absolute atomic E-state index is 0.171. The Morgan fingerprint density at radius 2 is 2.18 bits per heavy atom. The van der Waals surface area contributed by atoms with Gasteiger partial charge in [-0.3, -0.25) is 19.6 Å². The Morgan fingerprint density at radius 3 is 3.07 bits per heavy atom. The zero-order chi connectivity index (χ0) is 19.3. The Labute approximate surface area is 163 Å². The van der Waals surface area contributed by atoms with E-state index in [1.54, 1.807) is 13.1 Å². The molecule has 5 rings (SSSR count). The average Bonchev–Trinajstić information content (AvgIpc) is 3.12. The van der Waals surface area contributed by atoms with Crippen LogP contribution >= 0.6 is 0 Å². The highest BCUT2D eigenvalue weighted by Crippen LogP contribution is 2.38. The fraction of sp³-hybridized carbons (Fsp3) is 0.650. The molecule has 0 aromatic carbocycles. The van der Waals surface area contributed by atoms with Gasteiger partial charge in [0.25, 0.3) is 11.5 Å². The van der Waals surface area contributed by atoms with E-state index >= 15 is 0 Å². The van der Waals surface area contributed by atoms with Crippen molar-refractivity contribution in [2.75, 3.05) is 26.2 Å². The first-order valence-corrected chi connectivity index (χ1v) is 10.4. The lowest BCUT2D eigenvalue weighted by Crippen LogP contribution is -2.65. The van der Waals surface area contributed by atoms with Crippen LogP contribution in [0.5, 0.6) is 0 Å². The lowest BCUT2D eigenvalue weighted by atomic mass is 9.73. The van der Waals surface area contributed by atoms with Gasteiger partial charge in [-0.2, -0.15) is 0 Å². The fourth-order valence-corrected chi connectivity index (χ4v) is 5.60. The highest BCUT2D eigenvalue weighted by atomic mass is 16.2. The highest BCUT2D eigenvalue weighted by Gasteiger charge is 2.45. The number of nitrogens with zero attached hydrogens (tertiary/aromatic N) is 3. The molecule has 28 heavy (non-hydrogen) atoms. The molecule has 0 radical (unpaired) electrons. The largest absolute Gasteiger partial charge is 0.350 e. The van der Waals surface area contributed by atoms with Crippen molar-refractivity contribution < 1.29 is 4.79 Å². The standard InChI is InChI=1S/C20H28N6O2/c1-12-6-18(27)26-19(24-12)15(10-23-26)20(28)22-11-17-14-7-13(8-21-9-14)16-4-2-3-5-25(16)17/h6,10,13-14,16-17,21,23H,2-5,7-9,11H2,1H3,(H,22,28)/t13-,14+,16+,17+/m1/s1. The molecule has 0 spiro atoms. The maximum Gasteiger partial charge on any atom is 0.272 e. The number of carbonyl (C=O) groups is 1. The number of fused-ring (bicyclic) bond motifs is 5. The van der Waals surface area contributed by atoms with Crippen molar-refractivity contribution in [3.63, 3.8) is 0 Å². The number of carbonyl (C=O) groups excluding carboxylic acids is 1. The van der Waals surface area contributed by atoms with Gasteiger partial charge in [-0.05, 0) is 57.7 Å². The van der Waals surface area contributed by atoms with E-state index in [9.17, 15) is 9.59 Å². The van der Waals surface area contributed by atoms with Crippen LogP contribution in [0.25, 0.3) is 5.65 Å². The van der Waals surface area contributed by atoms with Crippen LogP contribution < -0.4 is 16.2 Å². The number of amides is 1. The first kappa shape index (κ1) is 17.9. The number of aromatic nitrogens is 3. The summed E-state index contributed by atoms with van der Waals surface area (Å²) in [5.41, 5.74) is 1.22. The molecule has 0 aliphatic carbocycles. The summed E-state index contributed by atoms with van der Waals surface area (Å²) >= 11 is 0. The van der Waals surface area contributed by atoms with E-state index in [-0.39, 0.29) is 11.5 Å². The fourth-order valence-electron chi connectivity index (χ4n) is 5.60. The molecule has 0 saturated carbocycles. The minimum atomic E-state index is -0.204. The second kappa shape index (κ2) is 7.00.